The first-order valence-corrected chi connectivity index (χ1v) is 12.7. The fourth-order valence-corrected chi connectivity index (χ4v) is 5.88. The van der Waals surface area contributed by atoms with Crippen molar-refractivity contribution in [2.75, 3.05) is 6.61 Å². The lowest BCUT2D eigenvalue weighted by atomic mass is 9.81. The summed E-state index contributed by atoms with van der Waals surface area (Å²) in [5.74, 6) is 0.639. The van der Waals surface area contributed by atoms with Gasteiger partial charge in [0.25, 0.3) is 0 Å². The van der Waals surface area contributed by atoms with Gasteiger partial charge in [-0.25, -0.2) is 4.98 Å². The molecule has 172 valence electrons. The lowest BCUT2D eigenvalue weighted by Crippen LogP contribution is -2.17. The van der Waals surface area contributed by atoms with Gasteiger partial charge in [-0.1, -0.05) is 47.5 Å². The van der Waals surface area contributed by atoms with E-state index in [-0.39, 0.29) is 11.8 Å². The Morgan fingerprint density at radius 2 is 1.79 bits per heavy atom. The fraction of sp³-hybridized carbons (Fsp3) is 0.346. The van der Waals surface area contributed by atoms with Crippen molar-refractivity contribution in [2.24, 2.45) is 5.92 Å². The minimum absolute atomic E-state index is 0.0854. The van der Waals surface area contributed by atoms with E-state index in [4.69, 9.17) is 27.9 Å². The molecule has 1 saturated carbocycles. The van der Waals surface area contributed by atoms with Gasteiger partial charge in [0.05, 0.1) is 21.5 Å². The molecule has 1 fully saturated rings. The molecule has 1 aromatic heterocycles. The molecule has 0 N–H and O–H groups in total. The Kier molecular flexibility index (Phi) is 7.84. The van der Waals surface area contributed by atoms with Crippen LogP contribution in [0.2, 0.25) is 10.0 Å². The average Bonchev–Trinajstić information content (AvgIpc) is 3.30. The molecule has 0 saturated heterocycles. The zero-order chi connectivity index (χ0) is 23.4. The van der Waals surface area contributed by atoms with Crippen LogP contribution in [-0.2, 0) is 9.53 Å². The number of aromatic nitrogens is 1. The van der Waals surface area contributed by atoms with E-state index in [1.54, 1.807) is 29.5 Å². The highest BCUT2D eigenvalue weighted by Gasteiger charge is 2.26. The summed E-state index contributed by atoms with van der Waals surface area (Å²) in [5.41, 5.74) is 2.05. The number of benzene rings is 2. The van der Waals surface area contributed by atoms with Gasteiger partial charge < -0.3 is 4.74 Å². The molecule has 0 amide bonds. The smallest absolute Gasteiger partial charge is 0.306 e. The van der Waals surface area contributed by atoms with Gasteiger partial charge in [0, 0.05) is 34.7 Å². The van der Waals surface area contributed by atoms with Gasteiger partial charge in [-0.05, 0) is 62.3 Å². The van der Waals surface area contributed by atoms with Crippen molar-refractivity contribution in [3.05, 3.63) is 74.8 Å². The Hall–Kier alpha value is -2.21. The van der Waals surface area contributed by atoms with E-state index < -0.39 is 0 Å². The Morgan fingerprint density at radius 3 is 2.45 bits per heavy atom. The van der Waals surface area contributed by atoms with Gasteiger partial charge in [-0.2, -0.15) is 0 Å². The molecular weight excluding hydrogens is 477 g/mol. The van der Waals surface area contributed by atoms with Crippen molar-refractivity contribution in [1.29, 1.82) is 0 Å². The molecule has 0 unspecified atom stereocenters. The molecule has 4 nitrogen and oxygen atoms in total. The van der Waals surface area contributed by atoms with Crippen LogP contribution < -0.4 is 0 Å². The van der Waals surface area contributed by atoms with E-state index >= 15 is 0 Å². The van der Waals surface area contributed by atoms with E-state index in [1.807, 2.05) is 37.4 Å². The third-order valence-corrected chi connectivity index (χ3v) is 7.84. The maximum Gasteiger partial charge on any atom is 0.306 e. The summed E-state index contributed by atoms with van der Waals surface area (Å²) in [6.45, 7) is 2.29. The van der Waals surface area contributed by atoms with Gasteiger partial charge in [0.15, 0.2) is 5.78 Å². The molecule has 4 rings (SSSR count). The zero-order valence-corrected chi connectivity index (χ0v) is 20.7. The van der Waals surface area contributed by atoms with Crippen molar-refractivity contribution in [3.63, 3.8) is 0 Å². The van der Waals surface area contributed by atoms with Crippen LogP contribution in [0, 0.1) is 5.92 Å². The summed E-state index contributed by atoms with van der Waals surface area (Å²) in [6, 6.07) is 12.4. The Balaban J connectivity index is 1.39. The van der Waals surface area contributed by atoms with E-state index in [9.17, 15) is 9.59 Å². The summed E-state index contributed by atoms with van der Waals surface area (Å²) in [7, 11) is 0. The maximum absolute atomic E-state index is 12.8. The highest BCUT2D eigenvalue weighted by Crippen LogP contribution is 2.40. The first-order valence-electron chi connectivity index (χ1n) is 11.2. The maximum atomic E-state index is 12.8. The monoisotopic (exact) mass is 501 g/mol. The average molecular weight is 502 g/mol. The van der Waals surface area contributed by atoms with Gasteiger partial charge in [-0.3, -0.25) is 9.59 Å². The zero-order valence-electron chi connectivity index (χ0n) is 18.4. The van der Waals surface area contributed by atoms with E-state index in [0.29, 0.717) is 46.0 Å². The van der Waals surface area contributed by atoms with Gasteiger partial charge in [-0.15, -0.1) is 11.3 Å². The van der Waals surface area contributed by atoms with E-state index in [2.05, 4.69) is 4.98 Å². The van der Waals surface area contributed by atoms with Gasteiger partial charge in [0.1, 0.15) is 0 Å². The SMILES string of the molecule is CCOC(=O)CC1CCC(c2ncc(-c3ccc(C(=O)c4ccc(Cl)cc4Cl)cc3)s2)CC1. The van der Waals surface area contributed by atoms with Crippen LogP contribution in [0.15, 0.2) is 48.7 Å². The lowest BCUT2D eigenvalue weighted by molar-refractivity contribution is -0.144. The normalized spacial score (nSPS) is 18.2. The molecule has 33 heavy (non-hydrogen) atoms. The van der Waals surface area contributed by atoms with Crippen molar-refractivity contribution in [1.82, 2.24) is 4.98 Å². The molecule has 0 aliphatic heterocycles. The van der Waals surface area contributed by atoms with Gasteiger partial charge >= 0.3 is 5.97 Å². The molecule has 2 aromatic carbocycles. The van der Waals surface area contributed by atoms with E-state index in [1.165, 1.54) is 0 Å². The summed E-state index contributed by atoms with van der Waals surface area (Å²) in [5, 5.41) is 1.99. The van der Waals surface area contributed by atoms with Crippen LogP contribution in [0.5, 0.6) is 0 Å². The second kappa shape index (κ2) is 10.8. The van der Waals surface area contributed by atoms with Crippen LogP contribution in [-0.4, -0.2) is 23.3 Å². The topological polar surface area (TPSA) is 56.3 Å². The van der Waals surface area contributed by atoms with Crippen molar-refractivity contribution in [3.8, 4) is 10.4 Å². The molecule has 1 aliphatic rings. The third kappa shape index (κ3) is 5.84. The number of ether oxygens (including phenoxy) is 1. The number of carbonyl (C=O) groups excluding carboxylic acids is 2. The number of nitrogens with zero attached hydrogens (tertiary/aromatic N) is 1. The van der Waals surface area contributed by atoms with Crippen LogP contribution in [0.1, 0.15) is 65.9 Å². The second-order valence-electron chi connectivity index (χ2n) is 8.32. The number of rotatable bonds is 7. The molecule has 7 heteroatoms. The quantitative estimate of drug-likeness (QED) is 0.247. The second-order valence-corrected chi connectivity index (χ2v) is 10.2. The number of hydrogen-bond acceptors (Lipinski definition) is 5. The van der Waals surface area contributed by atoms with Crippen LogP contribution in [0.3, 0.4) is 0 Å². The van der Waals surface area contributed by atoms with Crippen molar-refractivity contribution >= 4 is 46.3 Å². The predicted octanol–water partition coefficient (Wildman–Crippen LogP) is 7.57. The molecular formula is C26H25Cl2NO3S. The fourth-order valence-electron chi connectivity index (χ4n) is 4.29. The summed E-state index contributed by atoms with van der Waals surface area (Å²) in [4.78, 5) is 30.3. The van der Waals surface area contributed by atoms with Crippen LogP contribution >= 0.6 is 34.5 Å². The molecule has 0 atom stereocenters. The number of halogens is 2. The molecule has 0 radical (unpaired) electrons. The Labute approximate surface area is 207 Å². The standard InChI is InChI=1S/C26H25Cl2NO3S/c1-2-32-24(30)13-16-3-5-19(6-4-16)26-29-15-23(33-26)17-7-9-18(10-8-17)25(31)21-12-11-20(27)14-22(21)28/h7-12,14-16,19H,2-6,13H2,1H3. The largest absolute Gasteiger partial charge is 0.466 e. The van der Waals surface area contributed by atoms with E-state index in [0.717, 1.165) is 41.1 Å². The Morgan fingerprint density at radius 1 is 1.06 bits per heavy atom. The van der Waals surface area contributed by atoms with Gasteiger partial charge in [0.2, 0.25) is 0 Å². The molecule has 3 aromatic rings. The number of hydrogen-bond donors (Lipinski definition) is 0. The third-order valence-electron chi connectivity index (χ3n) is 6.09. The van der Waals surface area contributed by atoms with Crippen LogP contribution in [0.4, 0.5) is 0 Å². The van der Waals surface area contributed by atoms with Crippen molar-refractivity contribution < 1.29 is 14.3 Å². The Bertz CT molecular complexity index is 1130. The highest BCUT2D eigenvalue weighted by atomic mass is 35.5. The summed E-state index contributed by atoms with van der Waals surface area (Å²) in [6.07, 6.45) is 6.59. The first-order chi connectivity index (χ1) is 15.9. The van der Waals surface area contributed by atoms with Crippen LogP contribution in [0.25, 0.3) is 10.4 Å². The van der Waals surface area contributed by atoms with Crippen molar-refractivity contribution in [2.45, 2.75) is 44.9 Å². The number of ketones is 1. The lowest BCUT2D eigenvalue weighted by Gasteiger charge is -2.26. The molecule has 1 aliphatic carbocycles. The minimum Gasteiger partial charge on any atom is -0.466 e. The predicted molar refractivity (Wildman–Crippen MR) is 133 cm³/mol. The summed E-state index contributed by atoms with van der Waals surface area (Å²) < 4.78 is 5.08. The summed E-state index contributed by atoms with van der Waals surface area (Å²) >= 11 is 13.8. The highest BCUT2D eigenvalue weighted by molar-refractivity contribution is 7.15. The first kappa shape index (κ1) is 23.9. The number of thiazole rings is 1. The molecule has 0 bridgehead atoms. The molecule has 1 heterocycles. The number of esters is 1. The molecule has 0 spiro atoms. The number of carbonyl (C=O) groups is 2. The minimum atomic E-state index is -0.132.